The zero-order chi connectivity index (χ0) is 23.6. The number of ether oxygens (including phenoxy) is 1. The van der Waals surface area contributed by atoms with Crippen molar-refractivity contribution in [3.8, 4) is 5.75 Å². The number of nitrogens with zero attached hydrogens (tertiary/aromatic N) is 1. The van der Waals surface area contributed by atoms with Crippen LogP contribution in [0.15, 0.2) is 56.6 Å². The summed E-state index contributed by atoms with van der Waals surface area (Å²) in [5.74, 6) is -0.0605. The molecule has 1 aromatic heterocycles. The molecule has 1 aliphatic heterocycles. The fraction of sp³-hybridized carbons (Fsp3) is 0.333. The Labute approximate surface area is 192 Å². The van der Waals surface area contributed by atoms with E-state index in [2.05, 4.69) is 5.32 Å². The van der Waals surface area contributed by atoms with Crippen molar-refractivity contribution in [2.45, 2.75) is 38.0 Å². The third-order valence-corrected chi connectivity index (χ3v) is 7.74. The first-order valence-electron chi connectivity index (χ1n) is 10.8. The van der Waals surface area contributed by atoms with Gasteiger partial charge in [0, 0.05) is 36.3 Å². The summed E-state index contributed by atoms with van der Waals surface area (Å²) in [6.07, 6.45) is 2.73. The highest BCUT2D eigenvalue weighted by Crippen LogP contribution is 2.26. The average Bonchev–Trinajstić information content (AvgIpc) is 2.79. The molecule has 0 bridgehead atoms. The minimum atomic E-state index is -3.62. The second kappa shape index (κ2) is 9.36. The van der Waals surface area contributed by atoms with Gasteiger partial charge in [0.1, 0.15) is 11.3 Å². The number of amides is 1. The molecule has 1 saturated heterocycles. The van der Waals surface area contributed by atoms with Gasteiger partial charge in [0.05, 0.1) is 4.90 Å². The van der Waals surface area contributed by atoms with Crippen molar-refractivity contribution in [1.82, 2.24) is 4.31 Å². The van der Waals surface area contributed by atoms with Crippen LogP contribution in [0.4, 0.5) is 5.69 Å². The van der Waals surface area contributed by atoms with Gasteiger partial charge in [-0.3, -0.25) is 4.79 Å². The van der Waals surface area contributed by atoms with Crippen LogP contribution in [0.5, 0.6) is 5.75 Å². The second-order valence-corrected chi connectivity index (χ2v) is 10.1. The molecule has 1 aliphatic rings. The van der Waals surface area contributed by atoms with Crippen LogP contribution in [-0.4, -0.2) is 38.3 Å². The molecule has 4 rings (SSSR count). The van der Waals surface area contributed by atoms with Crippen LogP contribution < -0.4 is 15.7 Å². The van der Waals surface area contributed by atoms with Crippen LogP contribution in [0.3, 0.4) is 0 Å². The predicted octanol–water partition coefficient (Wildman–Crippen LogP) is 3.60. The fourth-order valence-electron chi connectivity index (χ4n) is 3.94. The lowest BCUT2D eigenvalue weighted by molar-refractivity contribution is -0.118. The quantitative estimate of drug-likeness (QED) is 0.552. The van der Waals surface area contributed by atoms with Crippen LogP contribution in [0.1, 0.15) is 30.4 Å². The number of fused-ring (bicyclic) bond motifs is 1. The molecule has 1 amide bonds. The third-order valence-electron chi connectivity index (χ3n) is 5.70. The van der Waals surface area contributed by atoms with E-state index in [1.807, 2.05) is 6.92 Å². The Morgan fingerprint density at radius 3 is 2.55 bits per heavy atom. The topological polar surface area (TPSA) is 106 Å². The maximum Gasteiger partial charge on any atom is 0.336 e. The van der Waals surface area contributed by atoms with Crippen LogP contribution in [0.2, 0.25) is 0 Å². The molecule has 1 N–H and O–H groups in total. The lowest BCUT2D eigenvalue weighted by Crippen LogP contribution is -2.36. The minimum absolute atomic E-state index is 0.197. The highest BCUT2D eigenvalue weighted by molar-refractivity contribution is 7.89. The van der Waals surface area contributed by atoms with Crippen LogP contribution in [0, 0.1) is 13.8 Å². The molecule has 0 aliphatic carbocycles. The van der Waals surface area contributed by atoms with E-state index >= 15 is 0 Å². The fourth-order valence-corrected chi connectivity index (χ4v) is 5.71. The first kappa shape index (κ1) is 23.0. The van der Waals surface area contributed by atoms with Gasteiger partial charge in [-0.05, 0) is 62.1 Å². The van der Waals surface area contributed by atoms with E-state index in [-0.39, 0.29) is 11.5 Å². The summed E-state index contributed by atoms with van der Waals surface area (Å²) in [6, 6.07) is 11.3. The Morgan fingerprint density at radius 1 is 1.03 bits per heavy atom. The lowest BCUT2D eigenvalue weighted by atomic mass is 10.1. The molecule has 9 heteroatoms. The molecule has 2 aromatic carbocycles. The van der Waals surface area contributed by atoms with Crippen molar-refractivity contribution in [2.75, 3.05) is 25.0 Å². The number of hydrogen-bond acceptors (Lipinski definition) is 6. The van der Waals surface area contributed by atoms with Crippen LogP contribution >= 0.6 is 0 Å². The highest BCUT2D eigenvalue weighted by Gasteiger charge is 2.27. The molecule has 0 radical (unpaired) electrons. The Kier molecular flexibility index (Phi) is 6.53. The molecule has 174 valence electrons. The second-order valence-electron chi connectivity index (χ2n) is 8.19. The standard InChI is InChI=1S/C24H26N2O6S/c1-16-6-7-18(13-22(16)33(29,30)26-10-4-3-5-11-26)25-23(27)15-31-19-8-9-20-17(2)12-24(28)32-21(20)14-19/h6-9,12-14H,3-5,10-11,15H2,1-2H3,(H,25,27). The zero-order valence-electron chi connectivity index (χ0n) is 18.6. The van der Waals surface area contributed by atoms with Crippen molar-refractivity contribution in [1.29, 1.82) is 0 Å². The summed E-state index contributed by atoms with van der Waals surface area (Å²) in [6.45, 7) is 4.29. The molecule has 0 unspecified atom stereocenters. The summed E-state index contributed by atoms with van der Waals surface area (Å²) in [5.41, 5.74) is 1.72. The number of sulfonamides is 1. The molecule has 0 atom stereocenters. The zero-order valence-corrected chi connectivity index (χ0v) is 19.4. The maximum absolute atomic E-state index is 13.1. The molecule has 33 heavy (non-hydrogen) atoms. The molecule has 1 fully saturated rings. The summed E-state index contributed by atoms with van der Waals surface area (Å²) in [4.78, 5) is 24.2. The number of anilines is 1. The highest BCUT2D eigenvalue weighted by atomic mass is 32.2. The average molecular weight is 471 g/mol. The van der Waals surface area contributed by atoms with Gasteiger partial charge in [0.15, 0.2) is 6.61 Å². The first-order chi connectivity index (χ1) is 15.7. The van der Waals surface area contributed by atoms with Crippen molar-refractivity contribution in [2.24, 2.45) is 0 Å². The maximum atomic E-state index is 13.1. The predicted molar refractivity (Wildman–Crippen MR) is 125 cm³/mol. The van der Waals surface area contributed by atoms with Crippen molar-refractivity contribution in [3.63, 3.8) is 0 Å². The number of aryl methyl sites for hydroxylation is 2. The van der Waals surface area contributed by atoms with Gasteiger partial charge in [0.25, 0.3) is 5.91 Å². The van der Waals surface area contributed by atoms with Gasteiger partial charge >= 0.3 is 5.63 Å². The van der Waals surface area contributed by atoms with E-state index in [0.717, 1.165) is 30.2 Å². The molecule has 0 spiro atoms. The Hall–Kier alpha value is -3.17. The molecular weight excluding hydrogens is 444 g/mol. The molecule has 8 nitrogen and oxygen atoms in total. The third kappa shape index (κ3) is 5.09. The molecule has 2 heterocycles. The smallest absolute Gasteiger partial charge is 0.336 e. The Bertz CT molecular complexity index is 1360. The summed E-state index contributed by atoms with van der Waals surface area (Å²) in [7, 11) is -3.62. The Morgan fingerprint density at radius 2 is 1.79 bits per heavy atom. The first-order valence-corrected chi connectivity index (χ1v) is 12.3. The van der Waals surface area contributed by atoms with Crippen molar-refractivity contribution < 1.29 is 22.4 Å². The normalized spacial score (nSPS) is 14.8. The number of carbonyl (C=O) groups is 1. The van der Waals surface area contributed by atoms with Crippen LogP contribution in [-0.2, 0) is 14.8 Å². The van der Waals surface area contributed by atoms with Gasteiger partial charge in [-0.2, -0.15) is 4.31 Å². The monoisotopic (exact) mass is 470 g/mol. The van der Waals surface area contributed by atoms with Gasteiger partial charge in [-0.1, -0.05) is 12.5 Å². The van der Waals surface area contributed by atoms with E-state index in [0.29, 0.717) is 35.7 Å². The number of piperidine rings is 1. The number of hydrogen-bond donors (Lipinski definition) is 1. The Balaban J connectivity index is 1.45. The van der Waals surface area contributed by atoms with E-state index < -0.39 is 21.6 Å². The van der Waals surface area contributed by atoms with Gasteiger partial charge < -0.3 is 14.5 Å². The van der Waals surface area contributed by atoms with E-state index in [4.69, 9.17) is 9.15 Å². The number of rotatable bonds is 6. The summed E-state index contributed by atoms with van der Waals surface area (Å²) >= 11 is 0. The number of benzene rings is 2. The molecular formula is C24H26N2O6S. The largest absolute Gasteiger partial charge is 0.484 e. The summed E-state index contributed by atoms with van der Waals surface area (Å²) < 4.78 is 38.4. The summed E-state index contributed by atoms with van der Waals surface area (Å²) in [5, 5.41) is 3.48. The number of nitrogens with one attached hydrogen (secondary N) is 1. The number of carbonyl (C=O) groups excluding carboxylic acids is 1. The van der Waals surface area contributed by atoms with E-state index in [1.165, 1.54) is 16.4 Å². The SMILES string of the molecule is Cc1ccc(NC(=O)COc2ccc3c(C)cc(=O)oc3c2)cc1S(=O)(=O)N1CCCCC1. The van der Waals surface area contributed by atoms with E-state index in [9.17, 15) is 18.0 Å². The van der Waals surface area contributed by atoms with Gasteiger partial charge in [-0.15, -0.1) is 0 Å². The molecule has 0 saturated carbocycles. The molecule has 3 aromatic rings. The minimum Gasteiger partial charge on any atom is -0.484 e. The van der Waals surface area contributed by atoms with E-state index in [1.54, 1.807) is 37.3 Å². The van der Waals surface area contributed by atoms with Crippen LogP contribution in [0.25, 0.3) is 11.0 Å². The lowest BCUT2D eigenvalue weighted by Gasteiger charge is -2.26. The van der Waals surface area contributed by atoms with Crippen molar-refractivity contribution >= 4 is 32.6 Å². The van der Waals surface area contributed by atoms with Gasteiger partial charge in [0.2, 0.25) is 10.0 Å². The van der Waals surface area contributed by atoms with Crippen molar-refractivity contribution in [3.05, 3.63) is 64.0 Å². The van der Waals surface area contributed by atoms with Gasteiger partial charge in [-0.25, -0.2) is 13.2 Å².